The first kappa shape index (κ1) is 11.4. The average molecular weight is 210 g/mol. The molecule has 0 bridgehead atoms. The molecule has 1 heterocycles. The Labute approximate surface area is 94.6 Å². The van der Waals surface area contributed by atoms with Gasteiger partial charge in [0.25, 0.3) is 0 Å². The van der Waals surface area contributed by atoms with Gasteiger partial charge in [-0.25, -0.2) is 0 Å². The van der Waals surface area contributed by atoms with Gasteiger partial charge in [0.2, 0.25) is 0 Å². The first-order chi connectivity index (χ1) is 7.25. The van der Waals surface area contributed by atoms with Gasteiger partial charge >= 0.3 is 0 Å². The minimum absolute atomic E-state index is 0.903. The second-order valence-corrected chi connectivity index (χ2v) is 5.62. The fourth-order valence-electron chi connectivity index (χ4n) is 3.17. The van der Waals surface area contributed by atoms with Gasteiger partial charge < -0.3 is 4.90 Å². The van der Waals surface area contributed by atoms with Crippen LogP contribution in [0.15, 0.2) is 0 Å². The molecule has 0 radical (unpaired) electrons. The molecular formula is C13H26N2. The zero-order valence-electron chi connectivity index (χ0n) is 10.4. The van der Waals surface area contributed by atoms with Crippen molar-refractivity contribution in [3.63, 3.8) is 0 Å². The predicted octanol–water partition coefficient (Wildman–Crippen LogP) is 2.20. The van der Waals surface area contributed by atoms with Crippen LogP contribution in [0.1, 0.15) is 39.0 Å². The molecule has 0 aromatic carbocycles. The maximum absolute atomic E-state index is 2.76. The third-order valence-corrected chi connectivity index (χ3v) is 4.18. The first-order valence-corrected chi connectivity index (χ1v) is 6.68. The van der Waals surface area contributed by atoms with E-state index in [-0.39, 0.29) is 0 Å². The molecule has 0 aromatic heterocycles. The Morgan fingerprint density at radius 1 is 0.933 bits per heavy atom. The summed E-state index contributed by atoms with van der Waals surface area (Å²) in [7, 11) is 2.26. The Kier molecular flexibility index (Phi) is 4.04. The summed E-state index contributed by atoms with van der Waals surface area (Å²) in [5.74, 6) is 0.963. The van der Waals surface area contributed by atoms with Crippen LogP contribution in [0.25, 0.3) is 0 Å². The molecule has 0 amide bonds. The predicted molar refractivity (Wildman–Crippen MR) is 65.1 cm³/mol. The summed E-state index contributed by atoms with van der Waals surface area (Å²) in [6.45, 7) is 7.62. The number of nitrogens with zero attached hydrogens (tertiary/aromatic N) is 2. The molecule has 2 aliphatic rings. The van der Waals surface area contributed by atoms with Crippen molar-refractivity contribution in [2.75, 3.05) is 33.2 Å². The highest BCUT2D eigenvalue weighted by atomic mass is 15.2. The lowest BCUT2D eigenvalue weighted by Crippen LogP contribution is -2.40. The fourth-order valence-corrected chi connectivity index (χ4v) is 3.17. The van der Waals surface area contributed by atoms with Gasteiger partial charge in [-0.05, 0) is 45.3 Å². The van der Waals surface area contributed by atoms with Gasteiger partial charge in [0.05, 0.1) is 0 Å². The van der Waals surface area contributed by atoms with Crippen molar-refractivity contribution in [2.45, 2.75) is 45.1 Å². The second-order valence-electron chi connectivity index (χ2n) is 5.62. The summed E-state index contributed by atoms with van der Waals surface area (Å²) < 4.78 is 0. The normalized spacial score (nSPS) is 36.4. The minimum atomic E-state index is 0.903. The van der Waals surface area contributed by atoms with E-state index in [2.05, 4.69) is 23.8 Å². The quantitative estimate of drug-likeness (QED) is 0.655. The van der Waals surface area contributed by atoms with Crippen molar-refractivity contribution >= 4 is 0 Å². The van der Waals surface area contributed by atoms with Crippen LogP contribution in [-0.2, 0) is 0 Å². The van der Waals surface area contributed by atoms with Gasteiger partial charge in [0.1, 0.15) is 0 Å². The third-order valence-electron chi connectivity index (χ3n) is 4.18. The molecule has 2 rings (SSSR count). The molecular weight excluding hydrogens is 184 g/mol. The molecule has 0 spiro atoms. The van der Waals surface area contributed by atoms with E-state index in [9.17, 15) is 0 Å². The van der Waals surface area contributed by atoms with Gasteiger partial charge in [-0.1, -0.05) is 19.8 Å². The summed E-state index contributed by atoms with van der Waals surface area (Å²) in [5.41, 5.74) is 0. The third kappa shape index (κ3) is 3.18. The van der Waals surface area contributed by atoms with E-state index in [0.29, 0.717) is 0 Å². The highest BCUT2D eigenvalue weighted by Crippen LogP contribution is 2.27. The van der Waals surface area contributed by atoms with Gasteiger partial charge in [-0.15, -0.1) is 0 Å². The second kappa shape index (κ2) is 5.31. The van der Waals surface area contributed by atoms with E-state index in [4.69, 9.17) is 0 Å². The molecule has 1 aliphatic carbocycles. The van der Waals surface area contributed by atoms with Crippen LogP contribution in [0, 0.1) is 5.92 Å². The molecule has 15 heavy (non-hydrogen) atoms. The molecule has 0 aromatic rings. The van der Waals surface area contributed by atoms with Crippen LogP contribution in [0.2, 0.25) is 0 Å². The maximum Gasteiger partial charge on any atom is 0.0112 e. The number of hydrogen-bond donors (Lipinski definition) is 0. The largest absolute Gasteiger partial charge is 0.305 e. The molecule has 2 atom stereocenters. The molecule has 1 saturated carbocycles. The Bertz CT molecular complexity index is 193. The molecule has 1 aliphatic heterocycles. The van der Waals surface area contributed by atoms with Crippen LogP contribution >= 0.6 is 0 Å². The number of hydrogen-bond acceptors (Lipinski definition) is 2. The highest BCUT2D eigenvalue weighted by Gasteiger charge is 2.25. The molecule has 2 heteroatoms. The SMILES string of the molecule is C[C@@H]1CCC[C@@H](N2CCCN(C)CC2)C1. The van der Waals surface area contributed by atoms with Crippen LogP contribution < -0.4 is 0 Å². The van der Waals surface area contributed by atoms with Gasteiger partial charge in [0, 0.05) is 19.1 Å². The lowest BCUT2D eigenvalue weighted by molar-refractivity contribution is 0.139. The maximum atomic E-state index is 2.76. The monoisotopic (exact) mass is 210 g/mol. The van der Waals surface area contributed by atoms with E-state index < -0.39 is 0 Å². The molecule has 2 fully saturated rings. The Morgan fingerprint density at radius 2 is 1.80 bits per heavy atom. The van der Waals surface area contributed by atoms with Gasteiger partial charge in [0.15, 0.2) is 0 Å². The van der Waals surface area contributed by atoms with Crippen molar-refractivity contribution in [1.82, 2.24) is 9.80 Å². The van der Waals surface area contributed by atoms with Crippen molar-refractivity contribution in [1.29, 1.82) is 0 Å². The van der Waals surface area contributed by atoms with Crippen molar-refractivity contribution in [3.05, 3.63) is 0 Å². The van der Waals surface area contributed by atoms with E-state index in [1.165, 1.54) is 58.3 Å². The zero-order valence-corrected chi connectivity index (χ0v) is 10.4. The Balaban J connectivity index is 1.85. The van der Waals surface area contributed by atoms with E-state index in [0.717, 1.165) is 12.0 Å². The zero-order chi connectivity index (χ0) is 10.7. The molecule has 88 valence electrons. The first-order valence-electron chi connectivity index (χ1n) is 6.68. The van der Waals surface area contributed by atoms with Crippen molar-refractivity contribution in [2.24, 2.45) is 5.92 Å². The van der Waals surface area contributed by atoms with Crippen LogP contribution in [-0.4, -0.2) is 49.1 Å². The minimum Gasteiger partial charge on any atom is -0.305 e. The smallest absolute Gasteiger partial charge is 0.0112 e. The molecule has 0 unspecified atom stereocenters. The lowest BCUT2D eigenvalue weighted by atomic mass is 9.86. The van der Waals surface area contributed by atoms with Gasteiger partial charge in [-0.3, -0.25) is 4.90 Å². The Hall–Kier alpha value is -0.0800. The van der Waals surface area contributed by atoms with Crippen LogP contribution in [0.4, 0.5) is 0 Å². The molecule has 1 saturated heterocycles. The fraction of sp³-hybridized carbons (Fsp3) is 1.00. The van der Waals surface area contributed by atoms with Crippen LogP contribution in [0.3, 0.4) is 0 Å². The Morgan fingerprint density at radius 3 is 2.60 bits per heavy atom. The van der Waals surface area contributed by atoms with Crippen LogP contribution in [0.5, 0.6) is 0 Å². The number of likely N-dealkylation sites (N-methyl/N-ethyl adjacent to an activating group) is 1. The summed E-state index contributed by atoms with van der Waals surface area (Å²) in [5, 5.41) is 0. The van der Waals surface area contributed by atoms with Crippen molar-refractivity contribution < 1.29 is 0 Å². The van der Waals surface area contributed by atoms with Crippen molar-refractivity contribution in [3.8, 4) is 0 Å². The lowest BCUT2D eigenvalue weighted by Gasteiger charge is -2.36. The van der Waals surface area contributed by atoms with Gasteiger partial charge in [-0.2, -0.15) is 0 Å². The standard InChI is InChI=1S/C13H26N2/c1-12-5-3-6-13(11-12)15-8-4-7-14(2)9-10-15/h12-13H,3-11H2,1-2H3/t12-,13-/m1/s1. The summed E-state index contributed by atoms with van der Waals surface area (Å²) >= 11 is 0. The topological polar surface area (TPSA) is 6.48 Å². The number of rotatable bonds is 1. The van der Waals surface area contributed by atoms with E-state index in [1.807, 2.05) is 0 Å². The van der Waals surface area contributed by atoms with E-state index >= 15 is 0 Å². The summed E-state index contributed by atoms with van der Waals surface area (Å²) in [6.07, 6.45) is 7.18. The molecule has 2 nitrogen and oxygen atoms in total. The molecule has 0 N–H and O–H groups in total. The summed E-state index contributed by atoms with van der Waals surface area (Å²) in [4.78, 5) is 5.24. The van der Waals surface area contributed by atoms with E-state index in [1.54, 1.807) is 0 Å². The highest BCUT2D eigenvalue weighted by molar-refractivity contribution is 4.80. The average Bonchev–Trinajstić information content (AvgIpc) is 2.43. The summed E-state index contributed by atoms with van der Waals surface area (Å²) in [6, 6.07) is 0.903.